The molecule has 0 spiro atoms. The molecule has 3 aromatic carbocycles. The minimum absolute atomic E-state index is 0.143. The van der Waals surface area contributed by atoms with Gasteiger partial charge in [0, 0.05) is 21.4 Å². The van der Waals surface area contributed by atoms with Crippen LogP contribution in [-0.2, 0) is 15.1 Å². The van der Waals surface area contributed by atoms with Crippen molar-refractivity contribution in [2.45, 2.75) is 12.0 Å². The molecule has 2 heterocycles. The first-order chi connectivity index (χ1) is 16.4. The van der Waals surface area contributed by atoms with Gasteiger partial charge >= 0.3 is 0 Å². The second-order valence-electron chi connectivity index (χ2n) is 7.85. The Morgan fingerprint density at radius 1 is 0.941 bits per heavy atom. The van der Waals surface area contributed by atoms with Crippen LogP contribution in [-0.4, -0.2) is 11.8 Å². The molecule has 1 atom stereocenters. The number of anilines is 2. The molecule has 4 aromatic rings. The number of nitrogens with one attached hydrogen (secondary N) is 1. The summed E-state index contributed by atoms with van der Waals surface area (Å²) in [6, 6.07) is 22.7. The van der Waals surface area contributed by atoms with E-state index in [1.54, 1.807) is 78.9 Å². The second kappa shape index (κ2) is 8.63. The van der Waals surface area contributed by atoms with Crippen LogP contribution in [0.25, 0.3) is 11.3 Å². The maximum absolute atomic E-state index is 14.4. The standard InChI is InChI=1S/C26H17Cl2FN2O3/c27-16-5-3-7-18(13-16)30-25(33)26(15-24(32)31(26)19-8-4-6-17(28)14-19)23-12-11-22(34-23)20-9-1-2-10-21(20)29/h1-14H,15H2,(H,30,33). The van der Waals surface area contributed by atoms with Crippen molar-refractivity contribution in [1.29, 1.82) is 0 Å². The molecule has 34 heavy (non-hydrogen) atoms. The Labute approximate surface area is 204 Å². The van der Waals surface area contributed by atoms with Gasteiger partial charge in [-0.2, -0.15) is 0 Å². The minimum Gasteiger partial charge on any atom is -0.458 e. The third kappa shape index (κ3) is 3.75. The largest absolute Gasteiger partial charge is 0.458 e. The van der Waals surface area contributed by atoms with E-state index >= 15 is 0 Å². The van der Waals surface area contributed by atoms with Gasteiger partial charge in [-0.1, -0.05) is 47.5 Å². The Hall–Kier alpha value is -3.61. The van der Waals surface area contributed by atoms with E-state index in [-0.39, 0.29) is 29.4 Å². The Balaban J connectivity index is 1.61. The van der Waals surface area contributed by atoms with Crippen molar-refractivity contribution < 1.29 is 18.4 Å². The molecule has 0 bridgehead atoms. The number of amides is 2. The Morgan fingerprint density at radius 2 is 1.68 bits per heavy atom. The Bertz CT molecular complexity index is 1420. The Kier molecular flexibility index (Phi) is 5.63. The molecule has 1 aliphatic rings. The normalized spacial score (nSPS) is 17.4. The molecule has 5 nitrogen and oxygen atoms in total. The van der Waals surface area contributed by atoms with Gasteiger partial charge < -0.3 is 9.73 Å². The number of halogens is 3. The highest BCUT2D eigenvalue weighted by Crippen LogP contribution is 2.47. The van der Waals surface area contributed by atoms with Gasteiger partial charge in [-0.25, -0.2) is 4.39 Å². The number of rotatable bonds is 5. The second-order valence-corrected chi connectivity index (χ2v) is 8.73. The summed E-state index contributed by atoms with van der Waals surface area (Å²) in [6.07, 6.45) is -0.143. The lowest BCUT2D eigenvalue weighted by Gasteiger charge is -2.49. The molecule has 1 aromatic heterocycles. The highest BCUT2D eigenvalue weighted by atomic mass is 35.5. The van der Waals surface area contributed by atoms with E-state index in [9.17, 15) is 14.0 Å². The third-order valence-electron chi connectivity index (χ3n) is 5.72. The zero-order chi connectivity index (χ0) is 23.9. The maximum atomic E-state index is 14.4. The molecular formula is C26H17Cl2FN2O3. The lowest BCUT2D eigenvalue weighted by Crippen LogP contribution is -2.67. The van der Waals surface area contributed by atoms with Crippen molar-refractivity contribution in [2.75, 3.05) is 10.2 Å². The molecule has 0 saturated carbocycles. The fourth-order valence-corrected chi connectivity index (χ4v) is 4.51. The number of β-lactam (4-membered cyclic amide) rings is 1. The predicted octanol–water partition coefficient (Wildman–Crippen LogP) is 6.66. The van der Waals surface area contributed by atoms with Crippen LogP contribution in [0.5, 0.6) is 0 Å². The quantitative estimate of drug-likeness (QED) is 0.315. The highest BCUT2D eigenvalue weighted by molar-refractivity contribution is 6.31. The fourth-order valence-electron chi connectivity index (χ4n) is 4.14. The predicted molar refractivity (Wildman–Crippen MR) is 129 cm³/mol. The molecule has 5 rings (SSSR count). The fraction of sp³-hybridized carbons (Fsp3) is 0.0769. The number of carbonyl (C=O) groups excluding carboxylic acids is 2. The molecular weight excluding hydrogens is 478 g/mol. The lowest BCUT2D eigenvalue weighted by molar-refractivity contribution is -0.138. The summed E-state index contributed by atoms with van der Waals surface area (Å²) in [5.41, 5.74) is -0.357. The van der Waals surface area contributed by atoms with Gasteiger partial charge in [0.15, 0.2) is 5.54 Å². The molecule has 1 aliphatic heterocycles. The summed E-state index contributed by atoms with van der Waals surface area (Å²) >= 11 is 12.2. The topological polar surface area (TPSA) is 62.6 Å². The molecule has 0 aliphatic carbocycles. The molecule has 1 unspecified atom stereocenters. The number of carbonyl (C=O) groups is 2. The summed E-state index contributed by atoms with van der Waals surface area (Å²) in [7, 11) is 0. The minimum atomic E-state index is -1.51. The number of hydrogen-bond acceptors (Lipinski definition) is 3. The first-order valence-electron chi connectivity index (χ1n) is 10.4. The summed E-state index contributed by atoms with van der Waals surface area (Å²) in [5, 5.41) is 3.69. The Morgan fingerprint density at radius 3 is 2.38 bits per heavy atom. The number of nitrogens with zero attached hydrogens (tertiary/aromatic N) is 1. The first kappa shape index (κ1) is 22.2. The van der Waals surface area contributed by atoms with Gasteiger partial charge in [0.05, 0.1) is 12.0 Å². The zero-order valence-corrected chi connectivity index (χ0v) is 19.1. The van der Waals surface area contributed by atoms with Crippen molar-refractivity contribution in [1.82, 2.24) is 0 Å². The van der Waals surface area contributed by atoms with E-state index < -0.39 is 17.3 Å². The molecule has 2 amide bonds. The van der Waals surface area contributed by atoms with Crippen LogP contribution in [0.1, 0.15) is 12.2 Å². The van der Waals surface area contributed by atoms with E-state index in [2.05, 4.69) is 5.32 Å². The van der Waals surface area contributed by atoms with Crippen LogP contribution in [0.2, 0.25) is 10.0 Å². The third-order valence-corrected chi connectivity index (χ3v) is 6.19. The van der Waals surface area contributed by atoms with Gasteiger partial charge in [0.2, 0.25) is 5.91 Å². The van der Waals surface area contributed by atoms with Crippen molar-refractivity contribution in [2.24, 2.45) is 0 Å². The van der Waals surface area contributed by atoms with E-state index in [4.69, 9.17) is 27.6 Å². The van der Waals surface area contributed by atoms with Crippen LogP contribution < -0.4 is 10.2 Å². The summed E-state index contributed by atoms with van der Waals surface area (Å²) in [6.45, 7) is 0. The zero-order valence-electron chi connectivity index (χ0n) is 17.6. The van der Waals surface area contributed by atoms with Crippen LogP contribution in [0.3, 0.4) is 0 Å². The SMILES string of the molecule is O=C1CC(C(=O)Nc2cccc(Cl)c2)(c2ccc(-c3ccccc3F)o2)N1c1cccc(Cl)c1. The summed E-state index contributed by atoms with van der Waals surface area (Å²) in [5.74, 6) is -0.799. The molecule has 1 N–H and O–H groups in total. The number of furan rings is 1. The van der Waals surface area contributed by atoms with Gasteiger partial charge in [-0.05, 0) is 60.7 Å². The van der Waals surface area contributed by atoms with E-state index in [1.807, 2.05) is 0 Å². The van der Waals surface area contributed by atoms with Crippen LogP contribution in [0.15, 0.2) is 89.3 Å². The average Bonchev–Trinajstić information content (AvgIpc) is 3.27. The van der Waals surface area contributed by atoms with Crippen molar-refractivity contribution in [3.05, 3.63) is 107 Å². The summed E-state index contributed by atoms with van der Waals surface area (Å²) in [4.78, 5) is 27.9. The van der Waals surface area contributed by atoms with Crippen LogP contribution in [0.4, 0.5) is 15.8 Å². The maximum Gasteiger partial charge on any atom is 0.259 e. The van der Waals surface area contributed by atoms with E-state index in [0.717, 1.165) is 0 Å². The average molecular weight is 495 g/mol. The van der Waals surface area contributed by atoms with Crippen LogP contribution in [0, 0.1) is 5.82 Å². The van der Waals surface area contributed by atoms with Crippen molar-refractivity contribution in [3.63, 3.8) is 0 Å². The first-order valence-corrected chi connectivity index (χ1v) is 11.1. The highest BCUT2D eigenvalue weighted by Gasteiger charge is 2.61. The number of hydrogen-bond donors (Lipinski definition) is 1. The lowest BCUT2D eigenvalue weighted by atomic mass is 9.79. The molecule has 0 radical (unpaired) electrons. The van der Waals surface area contributed by atoms with Gasteiger partial charge in [0.25, 0.3) is 5.91 Å². The molecule has 1 saturated heterocycles. The van der Waals surface area contributed by atoms with Gasteiger partial charge in [-0.15, -0.1) is 0 Å². The van der Waals surface area contributed by atoms with Crippen LogP contribution >= 0.6 is 23.2 Å². The molecule has 170 valence electrons. The van der Waals surface area contributed by atoms with E-state index in [0.29, 0.717) is 21.4 Å². The molecule has 8 heteroatoms. The smallest absolute Gasteiger partial charge is 0.259 e. The van der Waals surface area contributed by atoms with Crippen molar-refractivity contribution >= 4 is 46.4 Å². The van der Waals surface area contributed by atoms with Gasteiger partial charge in [-0.3, -0.25) is 14.5 Å². The number of benzene rings is 3. The van der Waals surface area contributed by atoms with E-state index in [1.165, 1.54) is 11.0 Å². The molecule has 1 fully saturated rings. The summed E-state index contributed by atoms with van der Waals surface area (Å²) < 4.78 is 20.4. The van der Waals surface area contributed by atoms with Gasteiger partial charge in [0.1, 0.15) is 17.3 Å². The monoisotopic (exact) mass is 494 g/mol. The van der Waals surface area contributed by atoms with Crippen molar-refractivity contribution in [3.8, 4) is 11.3 Å².